The number of rotatable bonds is 5. The molecule has 0 aliphatic heterocycles. The summed E-state index contributed by atoms with van der Waals surface area (Å²) >= 11 is 1.22. The largest absolute Gasteiger partial charge is 0.493 e. The summed E-state index contributed by atoms with van der Waals surface area (Å²) in [5, 5.41) is 12.0. The summed E-state index contributed by atoms with van der Waals surface area (Å²) in [6.45, 7) is 2.19. The molecule has 0 aliphatic rings. The Morgan fingerprint density at radius 3 is 2.77 bits per heavy atom. The Morgan fingerprint density at radius 2 is 2.00 bits per heavy atom. The van der Waals surface area contributed by atoms with Crippen LogP contribution in [0.25, 0.3) is 10.8 Å². The van der Waals surface area contributed by atoms with Crippen LogP contribution in [0.5, 0.6) is 5.75 Å². The summed E-state index contributed by atoms with van der Waals surface area (Å²) in [4.78, 5) is 15.6. The molecule has 3 rings (SSSR count). The Labute approximate surface area is 132 Å². The minimum atomic E-state index is -0.920. The van der Waals surface area contributed by atoms with Crippen molar-refractivity contribution in [2.75, 3.05) is 6.61 Å². The van der Waals surface area contributed by atoms with Crippen molar-refractivity contribution in [1.82, 2.24) is 4.98 Å². The highest BCUT2D eigenvalue weighted by molar-refractivity contribution is 7.13. The molecule has 0 spiro atoms. The summed E-state index contributed by atoms with van der Waals surface area (Å²) in [6.07, 6.45) is 0.599. The Bertz CT molecular complexity index is 820. The van der Waals surface area contributed by atoms with E-state index < -0.39 is 5.97 Å². The molecule has 2 aromatic carbocycles. The second kappa shape index (κ2) is 6.15. The molecule has 4 nitrogen and oxygen atoms in total. The third kappa shape index (κ3) is 2.94. The molecule has 0 fully saturated rings. The molecule has 1 aromatic heterocycles. The first-order valence-corrected chi connectivity index (χ1v) is 7.77. The van der Waals surface area contributed by atoms with Crippen molar-refractivity contribution in [3.63, 3.8) is 0 Å². The van der Waals surface area contributed by atoms with Gasteiger partial charge in [-0.2, -0.15) is 0 Å². The summed E-state index contributed by atoms with van der Waals surface area (Å²) < 4.78 is 5.85. The summed E-state index contributed by atoms with van der Waals surface area (Å²) in [7, 11) is 0. The zero-order valence-electron chi connectivity index (χ0n) is 12.1. The number of nitrogens with zero attached hydrogens (tertiary/aromatic N) is 1. The molecular formula is C17H15NO3S. The molecule has 0 radical (unpaired) electrons. The third-order valence-electron chi connectivity index (χ3n) is 3.36. The van der Waals surface area contributed by atoms with Gasteiger partial charge in [-0.3, -0.25) is 0 Å². The first-order valence-electron chi connectivity index (χ1n) is 6.95. The van der Waals surface area contributed by atoms with Gasteiger partial charge in [-0.05, 0) is 18.4 Å². The maximum absolute atomic E-state index is 11.0. The SMILES string of the molecule is Cc1nc(CCOc2cccc3ccccc23)sc1C(=O)O. The number of benzene rings is 2. The number of carbonyl (C=O) groups is 1. The molecule has 0 saturated carbocycles. The predicted molar refractivity (Wildman–Crippen MR) is 87.0 cm³/mol. The number of aryl methyl sites for hydroxylation is 1. The molecule has 0 unspecified atom stereocenters. The minimum absolute atomic E-state index is 0.306. The van der Waals surface area contributed by atoms with Crippen LogP contribution < -0.4 is 4.74 Å². The number of aromatic nitrogens is 1. The average Bonchev–Trinajstić information content (AvgIpc) is 2.89. The lowest BCUT2D eigenvalue weighted by atomic mass is 10.1. The van der Waals surface area contributed by atoms with Crippen LogP contribution in [0.3, 0.4) is 0 Å². The van der Waals surface area contributed by atoms with Gasteiger partial charge in [-0.25, -0.2) is 9.78 Å². The molecule has 1 heterocycles. The van der Waals surface area contributed by atoms with Crippen LogP contribution in [0.1, 0.15) is 20.4 Å². The summed E-state index contributed by atoms with van der Waals surface area (Å²) in [6, 6.07) is 14.0. The van der Waals surface area contributed by atoms with Crippen LogP contribution in [0.2, 0.25) is 0 Å². The van der Waals surface area contributed by atoms with Gasteiger partial charge < -0.3 is 9.84 Å². The molecule has 5 heteroatoms. The molecule has 22 heavy (non-hydrogen) atoms. The molecule has 0 bridgehead atoms. The molecule has 0 atom stereocenters. The fraction of sp³-hybridized carbons (Fsp3) is 0.176. The number of aromatic carboxylic acids is 1. The van der Waals surface area contributed by atoms with Crippen molar-refractivity contribution in [2.45, 2.75) is 13.3 Å². The van der Waals surface area contributed by atoms with E-state index in [2.05, 4.69) is 4.98 Å². The fourth-order valence-electron chi connectivity index (χ4n) is 2.33. The van der Waals surface area contributed by atoms with Crippen molar-refractivity contribution in [1.29, 1.82) is 0 Å². The van der Waals surface area contributed by atoms with Crippen LogP contribution in [-0.4, -0.2) is 22.7 Å². The van der Waals surface area contributed by atoms with Gasteiger partial charge in [0, 0.05) is 11.8 Å². The number of ether oxygens (including phenoxy) is 1. The summed E-state index contributed by atoms with van der Waals surface area (Å²) in [5.41, 5.74) is 0.567. The van der Waals surface area contributed by atoms with Gasteiger partial charge >= 0.3 is 5.97 Å². The maximum Gasteiger partial charge on any atom is 0.347 e. The van der Waals surface area contributed by atoms with E-state index in [1.165, 1.54) is 11.3 Å². The predicted octanol–water partition coefficient (Wildman–Crippen LogP) is 3.92. The quantitative estimate of drug-likeness (QED) is 0.775. The molecule has 0 saturated heterocycles. The van der Waals surface area contributed by atoms with E-state index in [4.69, 9.17) is 9.84 Å². The van der Waals surface area contributed by atoms with Crippen LogP contribution in [0, 0.1) is 6.92 Å². The number of fused-ring (bicyclic) bond motifs is 1. The highest BCUT2D eigenvalue weighted by Gasteiger charge is 2.13. The number of carboxylic acids is 1. The van der Waals surface area contributed by atoms with Gasteiger partial charge in [0.15, 0.2) is 0 Å². The maximum atomic E-state index is 11.0. The Hall–Kier alpha value is -2.40. The van der Waals surface area contributed by atoms with Crippen molar-refractivity contribution >= 4 is 28.1 Å². The molecule has 112 valence electrons. The first kappa shape index (κ1) is 14.5. The van der Waals surface area contributed by atoms with Crippen molar-refractivity contribution in [3.8, 4) is 5.75 Å². The van der Waals surface area contributed by atoms with Crippen LogP contribution >= 0.6 is 11.3 Å². The number of carboxylic acid groups (broad SMARTS) is 1. The van der Waals surface area contributed by atoms with E-state index in [1.54, 1.807) is 6.92 Å². The zero-order valence-corrected chi connectivity index (χ0v) is 12.9. The number of hydrogen-bond acceptors (Lipinski definition) is 4. The van der Waals surface area contributed by atoms with Gasteiger partial charge in [0.1, 0.15) is 10.6 Å². The van der Waals surface area contributed by atoms with Gasteiger partial charge in [0.25, 0.3) is 0 Å². The van der Waals surface area contributed by atoms with Crippen molar-refractivity contribution in [2.24, 2.45) is 0 Å². The lowest BCUT2D eigenvalue weighted by Crippen LogP contribution is -2.01. The second-order valence-corrected chi connectivity index (χ2v) is 5.99. The molecule has 1 N–H and O–H groups in total. The third-order valence-corrected chi connectivity index (χ3v) is 4.56. The van der Waals surface area contributed by atoms with Crippen LogP contribution in [0.15, 0.2) is 42.5 Å². The fourth-order valence-corrected chi connectivity index (χ4v) is 3.21. The lowest BCUT2D eigenvalue weighted by Gasteiger charge is -2.08. The number of hydrogen-bond donors (Lipinski definition) is 1. The van der Waals surface area contributed by atoms with E-state index in [9.17, 15) is 4.79 Å². The average molecular weight is 313 g/mol. The zero-order chi connectivity index (χ0) is 15.5. The van der Waals surface area contributed by atoms with Crippen molar-refractivity contribution in [3.05, 3.63) is 58.0 Å². The first-order chi connectivity index (χ1) is 10.6. The van der Waals surface area contributed by atoms with E-state index >= 15 is 0 Å². The van der Waals surface area contributed by atoms with Gasteiger partial charge in [0.2, 0.25) is 0 Å². The highest BCUT2D eigenvalue weighted by Crippen LogP contribution is 2.25. The topological polar surface area (TPSA) is 59.4 Å². The smallest absolute Gasteiger partial charge is 0.347 e. The lowest BCUT2D eigenvalue weighted by molar-refractivity contribution is 0.0701. The highest BCUT2D eigenvalue weighted by atomic mass is 32.1. The van der Waals surface area contributed by atoms with Gasteiger partial charge in [-0.1, -0.05) is 36.4 Å². The Kier molecular flexibility index (Phi) is 4.06. The van der Waals surface area contributed by atoms with Gasteiger partial charge in [-0.15, -0.1) is 11.3 Å². The van der Waals surface area contributed by atoms with E-state index in [0.717, 1.165) is 21.5 Å². The van der Waals surface area contributed by atoms with E-state index in [-0.39, 0.29) is 0 Å². The standard InChI is InChI=1S/C17H15NO3S/c1-11-16(17(19)20)22-15(18-11)9-10-21-14-8-4-6-12-5-2-3-7-13(12)14/h2-8H,9-10H2,1H3,(H,19,20). The minimum Gasteiger partial charge on any atom is -0.493 e. The monoisotopic (exact) mass is 313 g/mol. The normalized spacial score (nSPS) is 10.8. The molecule has 0 amide bonds. The molecular weight excluding hydrogens is 298 g/mol. The molecule has 0 aliphatic carbocycles. The van der Waals surface area contributed by atoms with Crippen LogP contribution in [0.4, 0.5) is 0 Å². The Balaban J connectivity index is 1.70. The second-order valence-electron chi connectivity index (χ2n) is 4.90. The Morgan fingerprint density at radius 1 is 1.23 bits per heavy atom. The van der Waals surface area contributed by atoms with Crippen LogP contribution in [-0.2, 0) is 6.42 Å². The number of thiazole rings is 1. The molecule has 3 aromatic rings. The van der Waals surface area contributed by atoms with E-state index in [0.29, 0.717) is 23.6 Å². The van der Waals surface area contributed by atoms with E-state index in [1.807, 2.05) is 42.5 Å². The summed E-state index contributed by atoms with van der Waals surface area (Å²) in [5.74, 6) is -0.0824. The van der Waals surface area contributed by atoms with Gasteiger partial charge in [0.05, 0.1) is 17.3 Å². The van der Waals surface area contributed by atoms with Crippen molar-refractivity contribution < 1.29 is 14.6 Å².